The van der Waals surface area contributed by atoms with E-state index in [0.29, 0.717) is 11.1 Å². The molecule has 0 spiro atoms. The molecule has 0 saturated carbocycles. The van der Waals surface area contributed by atoms with Crippen LogP contribution in [-0.2, 0) is 4.79 Å². The molecule has 2 aromatic heterocycles. The molecule has 0 bridgehead atoms. The van der Waals surface area contributed by atoms with Crippen LogP contribution in [-0.4, -0.2) is 30.6 Å². The van der Waals surface area contributed by atoms with Crippen LogP contribution < -0.4 is 5.56 Å². The second-order valence-corrected chi connectivity index (χ2v) is 5.65. The molecule has 0 fully saturated rings. The Bertz CT molecular complexity index is 973. The van der Waals surface area contributed by atoms with Crippen LogP contribution in [0.4, 0.5) is 0 Å². The maximum absolute atomic E-state index is 12.7. The highest BCUT2D eigenvalue weighted by molar-refractivity contribution is 5.83. The van der Waals surface area contributed by atoms with Crippen molar-refractivity contribution in [2.45, 2.75) is 33.2 Å². The monoisotopic (exact) mass is 326 g/mol. The Morgan fingerprint density at radius 1 is 1.21 bits per heavy atom. The number of nitrogens with zero attached hydrogens (tertiary/aromatic N) is 4. The van der Waals surface area contributed by atoms with Gasteiger partial charge in [0.05, 0.1) is 22.5 Å². The summed E-state index contributed by atoms with van der Waals surface area (Å²) in [5.74, 6) is -1.08. The van der Waals surface area contributed by atoms with E-state index in [1.807, 2.05) is 37.3 Å². The van der Waals surface area contributed by atoms with Crippen LogP contribution in [0.15, 0.2) is 35.1 Å². The summed E-state index contributed by atoms with van der Waals surface area (Å²) in [6.45, 7) is 5.34. The van der Waals surface area contributed by atoms with E-state index in [4.69, 9.17) is 0 Å². The summed E-state index contributed by atoms with van der Waals surface area (Å²) in [7, 11) is 0. The van der Waals surface area contributed by atoms with Gasteiger partial charge in [0.1, 0.15) is 0 Å². The average Bonchev–Trinajstić information content (AvgIpc) is 2.91. The number of carboxylic acid groups (broad SMARTS) is 1. The van der Waals surface area contributed by atoms with Crippen LogP contribution in [0.3, 0.4) is 0 Å². The molecule has 1 N–H and O–H groups in total. The number of benzene rings is 1. The fraction of sp³-hybridized carbons (Fsp3) is 0.294. The first kappa shape index (κ1) is 15.9. The lowest BCUT2D eigenvalue weighted by Crippen LogP contribution is -2.32. The van der Waals surface area contributed by atoms with Gasteiger partial charge in [0.2, 0.25) is 0 Å². The Kier molecular flexibility index (Phi) is 3.92. The average molecular weight is 326 g/mol. The molecule has 7 heteroatoms. The van der Waals surface area contributed by atoms with Crippen molar-refractivity contribution in [2.75, 3.05) is 0 Å². The SMILES string of the molecule is CCC(C(=O)O)n1nc(C)c2c(C)n(-c3ccccc3)nc2c1=O. The van der Waals surface area contributed by atoms with Gasteiger partial charge in [0.15, 0.2) is 11.6 Å². The van der Waals surface area contributed by atoms with Crippen LogP contribution in [0, 0.1) is 13.8 Å². The Morgan fingerprint density at radius 3 is 2.46 bits per heavy atom. The second kappa shape index (κ2) is 5.92. The zero-order valence-corrected chi connectivity index (χ0v) is 13.7. The first-order chi connectivity index (χ1) is 11.5. The van der Waals surface area contributed by atoms with Crippen molar-refractivity contribution in [3.05, 3.63) is 52.1 Å². The van der Waals surface area contributed by atoms with Gasteiger partial charge in [0, 0.05) is 0 Å². The van der Waals surface area contributed by atoms with Crippen molar-refractivity contribution in [2.24, 2.45) is 0 Å². The minimum atomic E-state index is -1.08. The summed E-state index contributed by atoms with van der Waals surface area (Å²) in [5, 5.41) is 18.7. The van der Waals surface area contributed by atoms with E-state index < -0.39 is 17.6 Å². The number of carboxylic acids is 1. The van der Waals surface area contributed by atoms with Gasteiger partial charge in [-0.3, -0.25) is 4.79 Å². The summed E-state index contributed by atoms with van der Waals surface area (Å²) in [4.78, 5) is 24.1. The third kappa shape index (κ3) is 2.38. The molecule has 0 saturated heterocycles. The van der Waals surface area contributed by atoms with E-state index in [2.05, 4.69) is 10.2 Å². The standard InChI is InChI=1S/C17H18N4O3/c1-4-13(17(23)24)21-16(22)15-14(10(2)18-21)11(3)20(19-15)12-8-6-5-7-9-12/h5-9,13H,4H2,1-3H3,(H,23,24). The van der Waals surface area contributed by atoms with Gasteiger partial charge in [0.25, 0.3) is 5.56 Å². The van der Waals surface area contributed by atoms with Crippen molar-refractivity contribution < 1.29 is 9.90 Å². The van der Waals surface area contributed by atoms with Gasteiger partial charge < -0.3 is 5.11 Å². The number of hydrogen-bond acceptors (Lipinski definition) is 4. The molecule has 0 aliphatic carbocycles. The lowest BCUT2D eigenvalue weighted by atomic mass is 10.2. The van der Waals surface area contributed by atoms with Crippen LogP contribution in [0.2, 0.25) is 0 Å². The smallest absolute Gasteiger partial charge is 0.328 e. The van der Waals surface area contributed by atoms with Gasteiger partial charge in [-0.25, -0.2) is 14.2 Å². The molecule has 1 unspecified atom stereocenters. The van der Waals surface area contributed by atoms with Gasteiger partial charge in [-0.05, 0) is 32.4 Å². The highest BCUT2D eigenvalue weighted by atomic mass is 16.4. The van der Waals surface area contributed by atoms with Crippen molar-refractivity contribution >= 4 is 16.9 Å². The molecule has 1 atom stereocenters. The van der Waals surface area contributed by atoms with E-state index in [1.54, 1.807) is 18.5 Å². The number of aliphatic carboxylic acids is 1. The van der Waals surface area contributed by atoms with Gasteiger partial charge in [-0.1, -0.05) is 25.1 Å². The molecule has 7 nitrogen and oxygen atoms in total. The Morgan fingerprint density at radius 2 is 1.88 bits per heavy atom. The largest absolute Gasteiger partial charge is 0.480 e. The minimum Gasteiger partial charge on any atom is -0.480 e. The molecule has 3 aromatic rings. The van der Waals surface area contributed by atoms with E-state index in [1.165, 1.54) is 0 Å². The first-order valence-electron chi connectivity index (χ1n) is 7.72. The number of carbonyl (C=O) groups is 1. The van der Waals surface area contributed by atoms with Crippen LogP contribution in [0.25, 0.3) is 16.6 Å². The molecule has 124 valence electrons. The normalized spacial score (nSPS) is 12.5. The third-order valence-electron chi connectivity index (χ3n) is 4.11. The molecular formula is C17H18N4O3. The fourth-order valence-electron chi connectivity index (χ4n) is 2.93. The molecule has 0 amide bonds. The number of aryl methyl sites for hydroxylation is 2. The van der Waals surface area contributed by atoms with Gasteiger partial charge >= 0.3 is 5.97 Å². The summed E-state index contributed by atoms with van der Waals surface area (Å²) in [6, 6.07) is 8.48. The Hall–Kier alpha value is -2.96. The van der Waals surface area contributed by atoms with Gasteiger partial charge in [-0.15, -0.1) is 0 Å². The predicted octanol–water partition coefficient (Wildman–Crippen LogP) is 2.23. The highest BCUT2D eigenvalue weighted by Gasteiger charge is 2.24. The summed E-state index contributed by atoms with van der Waals surface area (Å²) in [5.41, 5.74) is 1.98. The predicted molar refractivity (Wildman–Crippen MR) is 89.6 cm³/mol. The minimum absolute atomic E-state index is 0.239. The molecule has 24 heavy (non-hydrogen) atoms. The van der Waals surface area contributed by atoms with Crippen LogP contribution in [0.5, 0.6) is 0 Å². The van der Waals surface area contributed by atoms with Crippen molar-refractivity contribution in [1.82, 2.24) is 19.6 Å². The molecule has 2 heterocycles. The lowest BCUT2D eigenvalue weighted by Gasteiger charge is -2.12. The number of fused-ring (bicyclic) bond motifs is 1. The number of hydrogen-bond donors (Lipinski definition) is 1. The zero-order valence-electron chi connectivity index (χ0n) is 13.7. The quantitative estimate of drug-likeness (QED) is 0.794. The lowest BCUT2D eigenvalue weighted by molar-refractivity contribution is -0.141. The van der Waals surface area contributed by atoms with Crippen LogP contribution in [0.1, 0.15) is 30.8 Å². The molecule has 0 radical (unpaired) electrons. The van der Waals surface area contributed by atoms with E-state index in [-0.39, 0.29) is 11.9 Å². The third-order valence-corrected chi connectivity index (χ3v) is 4.11. The summed E-state index contributed by atoms with van der Waals surface area (Å²) in [6.07, 6.45) is 0.269. The van der Waals surface area contributed by atoms with Crippen molar-refractivity contribution in [3.8, 4) is 5.69 Å². The zero-order chi connectivity index (χ0) is 17.4. The number of para-hydroxylation sites is 1. The maximum atomic E-state index is 12.7. The first-order valence-corrected chi connectivity index (χ1v) is 7.72. The van der Waals surface area contributed by atoms with Gasteiger partial charge in [-0.2, -0.15) is 10.2 Å². The molecule has 3 rings (SSSR count). The molecule has 1 aromatic carbocycles. The number of aromatic nitrogens is 4. The Labute approximate surface area is 138 Å². The van der Waals surface area contributed by atoms with E-state index in [9.17, 15) is 14.7 Å². The summed E-state index contributed by atoms with van der Waals surface area (Å²) < 4.78 is 2.72. The van der Waals surface area contributed by atoms with Crippen LogP contribution >= 0.6 is 0 Å². The fourth-order valence-corrected chi connectivity index (χ4v) is 2.93. The number of rotatable bonds is 4. The molecule has 0 aliphatic heterocycles. The highest BCUT2D eigenvalue weighted by Crippen LogP contribution is 2.22. The maximum Gasteiger partial charge on any atom is 0.328 e. The second-order valence-electron chi connectivity index (χ2n) is 5.65. The van der Waals surface area contributed by atoms with E-state index in [0.717, 1.165) is 16.1 Å². The topological polar surface area (TPSA) is 90.0 Å². The molecular weight excluding hydrogens is 308 g/mol. The summed E-state index contributed by atoms with van der Waals surface area (Å²) >= 11 is 0. The van der Waals surface area contributed by atoms with Crippen molar-refractivity contribution in [3.63, 3.8) is 0 Å². The van der Waals surface area contributed by atoms with Crippen molar-refractivity contribution in [1.29, 1.82) is 0 Å². The molecule has 0 aliphatic rings. The van der Waals surface area contributed by atoms with E-state index >= 15 is 0 Å². The Balaban J connectivity index is 2.32.